The lowest BCUT2D eigenvalue weighted by atomic mass is 9.85. The Bertz CT molecular complexity index is 296. The monoisotopic (exact) mass is 266 g/mol. The Morgan fingerprint density at radius 2 is 2.05 bits per heavy atom. The zero-order chi connectivity index (χ0) is 14.3. The van der Waals surface area contributed by atoms with E-state index in [2.05, 4.69) is 39.1 Å². The second-order valence-corrected chi connectivity index (χ2v) is 6.55. The first kappa shape index (κ1) is 16.5. The molecule has 1 aliphatic rings. The van der Waals surface area contributed by atoms with Gasteiger partial charge in [-0.05, 0) is 51.4 Å². The molecule has 0 bridgehead atoms. The van der Waals surface area contributed by atoms with Crippen LogP contribution in [0.1, 0.15) is 59.8 Å². The van der Waals surface area contributed by atoms with Gasteiger partial charge >= 0.3 is 0 Å². The summed E-state index contributed by atoms with van der Waals surface area (Å²) in [5.41, 5.74) is -0.310. The summed E-state index contributed by atoms with van der Waals surface area (Å²) >= 11 is 0. The minimum absolute atomic E-state index is 0.310. The second-order valence-electron chi connectivity index (χ2n) is 6.55. The number of nitrogens with one attached hydrogen (secondary N) is 1. The first-order valence-corrected chi connectivity index (χ1v) is 7.77. The van der Waals surface area contributed by atoms with Gasteiger partial charge in [-0.2, -0.15) is 5.26 Å². The molecule has 1 saturated carbocycles. The van der Waals surface area contributed by atoms with E-state index in [1.807, 2.05) is 0 Å². The van der Waals surface area contributed by atoms with E-state index >= 15 is 0 Å². The summed E-state index contributed by atoms with van der Waals surface area (Å²) in [5, 5.41) is 13.1. The van der Waals surface area contributed by atoms with Crippen LogP contribution < -0.4 is 5.32 Å². The van der Waals surface area contributed by atoms with Gasteiger partial charge in [0, 0.05) is 19.3 Å². The molecule has 3 heteroatoms. The standard InChI is InChI=1S/C16H30N2O/c1-13(2)7-10-19-11-8-15-6-5-9-16(15,12-17)18-14(3)4/h13-15,18H,5-11H2,1-4H3. The van der Waals surface area contributed by atoms with Crippen LogP contribution in [0, 0.1) is 23.2 Å². The molecule has 1 rings (SSSR count). The van der Waals surface area contributed by atoms with Crippen LogP contribution in [0.2, 0.25) is 0 Å². The fourth-order valence-corrected chi connectivity index (χ4v) is 3.00. The molecule has 19 heavy (non-hydrogen) atoms. The van der Waals surface area contributed by atoms with Crippen molar-refractivity contribution < 1.29 is 4.74 Å². The zero-order valence-corrected chi connectivity index (χ0v) is 13.0. The lowest BCUT2D eigenvalue weighted by Gasteiger charge is -2.32. The fourth-order valence-electron chi connectivity index (χ4n) is 3.00. The molecule has 0 spiro atoms. The maximum absolute atomic E-state index is 9.56. The molecule has 3 nitrogen and oxygen atoms in total. The van der Waals surface area contributed by atoms with Crippen LogP contribution in [0.3, 0.4) is 0 Å². The van der Waals surface area contributed by atoms with Crippen molar-refractivity contribution in [2.45, 2.75) is 71.4 Å². The van der Waals surface area contributed by atoms with E-state index in [1.165, 1.54) is 0 Å². The summed E-state index contributed by atoms with van der Waals surface area (Å²) < 4.78 is 5.71. The molecule has 0 aromatic rings. The first-order chi connectivity index (χ1) is 9.00. The van der Waals surface area contributed by atoms with Crippen molar-refractivity contribution in [3.63, 3.8) is 0 Å². The van der Waals surface area contributed by atoms with Gasteiger partial charge in [-0.15, -0.1) is 0 Å². The Hall–Kier alpha value is -0.590. The molecule has 2 atom stereocenters. The molecule has 2 unspecified atom stereocenters. The number of nitriles is 1. The van der Waals surface area contributed by atoms with Crippen LogP contribution in [0.15, 0.2) is 0 Å². The van der Waals surface area contributed by atoms with E-state index in [-0.39, 0.29) is 5.54 Å². The van der Waals surface area contributed by atoms with E-state index in [9.17, 15) is 5.26 Å². The Labute approximate surface area is 118 Å². The topological polar surface area (TPSA) is 45.0 Å². The average molecular weight is 266 g/mol. The quantitative estimate of drug-likeness (QED) is 0.684. The summed E-state index contributed by atoms with van der Waals surface area (Å²) in [4.78, 5) is 0. The van der Waals surface area contributed by atoms with Crippen LogP contribution in [0.5, 0.6) is 0 Å². The summed E-state index contributed by atoms with van der Waals surface area (Å²) in [6.45, 7) is 10.3. The summed E-state index contributed by atoms with van der Waals surface area (Å²) in [7, 11) is 0. The molecule has 1 fully saturated rings. The minimum atomic E-state index is -0.310. The van der Waals surface area contributed by atoms with Crippen molar-refractivity contribution in [3.8, 4) is 6.07 Å². The molecule has 0 aliphatic heterocycles. The van der Waals surface area contributed by atoms with Crippen LogP contribution in [-0.4, -0.2) is 24.8 Å². The van der Waals surface area contributed by atoms with E-state index in [4.69, 9.17) is 4.74 Å². The van der Waals surface area contributed by atoms with Crippen molar-refractivity contribution in [2.24, 2.45) is 11.8 Å². The van der Waals surface area contributed by atoms with Crippen molar-refractivity contribution in [1.82, 2.24) is 5.32 Å². The number of hydrogen-bond donors (Lipinski definition) is 1. The van der Waals surface area contributed by atoms with Crippen molar-refractivity contribution >= 4 is 0 Å². The van der Waals surface area contributed by atoms with Crippen LogP contribution in [0.25, 0.3) is 0 Å². The summed E-state index contributed by atoms with van der Waals surface area (Å²) in [6, 6.07) is 2.91. The third-order valence-corrected chi connectivity index (χ3v) is 4.02. The lowest BCUT2D eigenvalue weighted by molar-refractivity contribution is 0.102. The molecule has 110 valence electrons. The van der Waals surface area contributed by atoms with Crippen molar-refractivity contribution in [1.29, 1.82) is 5.26 Å². The van der Waals surface area contributed by atoms with Crippen molar-refractivity contribution in [3.05, 3.63) is 0 Å². The highest BCUT2D eigenvalue weighted by Gasteiger charge is 2.42. The van der Waals surface area contributed by atoms with Gasteiger partial charge in [-0.25, -0.2) is 0 Å². The minimum Gasteiger partial charge on any atom is -0.381 e. The van der Waals surface area contributed by atoms with Gasteiger partial charge in [0.15, 0.2) is 0 Å². The van der Waals surface area contributed by atoms with E-state index in [0.29, 0.717) is 17.9 Å². The molecule has 1 N–H and O–H groups in total. The molecular formula is C16H30N2O. The average Bonchev–Trinajstić information content (AvgIpc) is 2.71. The van der Waals surface area contributed by atoms with Gasteiger partial charge < -0.3 is 4.74 Å². The SMILES string of the molecule is CC(C)CCOCCC1CCCC1(C#N)NC(C)C. The Balaban J connectivity index is 2.37. The third-order valence-electron chi connectivity index (χ3n) is 4.02. The number of ether oxygens (including phenoxy) is 1. The highest BCUT2D eigenvalue weighted by atomic mass is 16.5. The van der Waals surface area contributed by atoms with E-state index in [1.54, 1.807) is 0 Å². The van der Waals surface area contributed by atoms with Gasteiger partial charge in [0.1, 0.15) is 5.54 Å². The Kier molecular flexibility index (Phi) is 6.82. The lowest BCUT2D eigenvalue weighted by Crippen LogP contribution is -2.50. The van der Waals surface area contributed by atoms with Gasteiger partial charge in [0.05, 0.1) is 6.07 Å². The number of hydrogen-bond acceptors (Lipinski definition) is 3. The first-order valence-electron chi connectivity index (χ1n) is 7.77. The normalized spacial score (nSPS) is 27.1. The van der Waals surface area contributed by atoms with Crippen LogP contribution in [-0.2, 0) is 4.74 Å². The molecular weight excluding hydrogens is 236 g/mol. The highest BCUT2D eigenvalue weighted by molar-refractivity contribution is 5.14. The molecule has 0 aromatic carbocycles. The molecule has 0 heterocycles. The maximum atomic E-state index is 9.56. The zero-order valence-electron chi connectivity index (χ0n) is 13.0. The molecule has 1 aliphatic carbocycles. The van der Waals surface area contributed by atoms with Gasteiger partial charge in [-0.3, -0.25) is 5.32 Å². The summed E-state index contributed by atoms with van der Waals surface area (Å²) in [5.74, 6) is 1.14. The third kappa shape index (κ3) is 5.12. The Morgan fingerprint density at radius 3 is 2.63 bits per heavy atom. The maximum Gasteiger partial charge on any atom is 0.109 e. The smallest absolute Gasteiger partial charge is 0.109 e. The largest absolute Gasteiger partial charge is 0.381 e. The van der Waals surface area contributed by atoms with Crippen LogP contribution in [0.4, 0.5) is 0 Å². The highest BCUT2D eigenvalue weighted by Crippen LogP contribution is 2.37. The van der Waals surface area contributed by atoms with Gasteiger partial charge in [0.2, 0.25) is 0 Å². The summed E-state index contributed by atoms with van der Waals surface area (Å²) in [6.07, 6.45) is 5.42. The van der Waals surface area contributed by atoms with Crippen molar-refractivity contribution in [2.75, 3.05) is 13.2 Å². The predicted octanol–water partition coefficient (Wildman–Crippen LogP) is 3.50. The predicted molar refractivity (Wildman–Crippen MR) is 78.8 cm³/mol. The molecule has 0 aromatic heterocycles. The van der Waals surface area contributed by atoms with E-state index in [0.717, 1.165) is 45.3 Å². The van der Waals surface area contributed by atoms with Gasteiger partial charge in [-0.1, -0.05) is 20.3 Å². The molecule has 0 saturated heterocycles. The Morgan fingerprint density at radius 1 is 1.32 bits per heavy atom. The molecule has 0 amide bonds. The van der Waals surface area contributed by atoms with E-state index < -0.39 is 0 Å². The second kappa shape index (κ2) is 7.87. The van der Waals surface area contributed by atoms with Crippen LogP contribution >= 0.6 is 0 Å². The number of nitrogens with zero attached hydrogens (tertiary/aromatic N) is 1. The number of rotatable bonds is 8. The molecule has 0 radical (unpaired) electrons. The van der Waals surface area contributed by atoms with Gasteiger partial charge in [0.25, 0.3) is 0 Å². The fraction of sp³-hybridized carbons (Fsp3) is 0.938.